The molecule has 0 radical (unpaired) electrons. The zero-order valence-corrected chi connectivity index (χ0v) is 11.9. The summed E-state index contributed by atoms with van der Waals surface area (Å²) >= 11 is 0. The van der Waals surface area contributed by atoms with Crippen LogP contribution >= 0.6 is 0 Å². The molecule has 1 atom stereocenters. The van der Waals surface area contributed by atoms with E-state index < -0.39 is 29.7 Å². The van der Waals surface area contributed by atoms with Crippen LogP contribution in [0.25, 0.3) is 0 Å². The fraction of sp³-hybridized carbons (Fsp3) is 0.375. The monoisotopic (exact) mass is 300 g/mol. The molecule has 1 aliphatic carbocycles. The molecule has 114 valence electrons. The highest BCUT2D eigenvalue weighted by atomic mass is 16.2. The van der Waals surface area contributed by atoms with E-state index in [9.17, 15) is 19.2 Å². The standard InChI is InChI=1S/C16H16N2O4/c19-12(10-6-7-10)8-11(9-4-2-1-3-5-9)13-14(20)17-16(22)18-15(13)21/h1-5,10-11,13H,6-8H2,(H2,17,18,20,21,22)/t11-/m0/s1. The van der Waals surface area contributed by atoms with E-state index in [0.29, 0.717) is 0 Å². The van der Waals surface area contributed by atoms with Gasteiger partial charge in [0.15, 0.2) is 0 Å². The zero-order chi connectivity index (χ0) is 15.7. The largest absolute Gasteiger partial charge is 0.328 e. The summed E-state index contributed by atoms with van der Waals surface area (Å²) < 4.78 is 0. The first-order valence-electron chi connectivity index (χ1n) is 7.29. The first kappa shape index (κ1) is 14.4. The first-order chi connectivity index (χ1) is 10.6. The summed E-state index contributed by atoms with van der Waals surface area (Å²) in [5, 5.41) is 4.21. The van der Waals surface area contributed by atoms with E-state index >= 15 is 0 Å². The Morgan fingerprint density at radius 2 is 1.64 bits per heavy atom. The summed E-state index contributed by atoms with van der Waals surface area (Å²) in [7, 11) is 0. The average Bonchev–Trinajstić information content (AvgIpc) is 3.30. The van der Waals surface area contributed by atoms with Crippen LogP contribution in [0.1, 0.15) is 30.7 Å². The van der Waals surface area contributed by atoms with Gasteiger partial charge in [-0.15, -0.1) is 0 Å². The molecular formula is C16H16N2O4. The molecule has 3 rings (SSSR count). The zero-order valence-electron chi connectivity index (χ0n) is 11.9. The Hall–Kier alpha value is -2.50. The second kappa shape index (κ2) is 5.71. The minimum atomic E-state index is -1.07. The van der Waals surface area contributed by atoms with Crippen LogP contribution in [0.3, 0.4) is 0 Å². The molecule has 1 saturated heterocycles. The Morgan fingerprint density at radius 1 is 1.05 bits per heavy atom. The fourth-order valence-corrected chi connectivity index (χ4v) is 2.81. The van der Waals surface area contributed by atoms with Crippen molar-refractivity contribution >= 4 is 23.6 Å². The molecule has 2 aliphatic rings. The molecule has 6 nitrogen and oxygen atoms in total. The van der Waals surface area contributed by atoms with Gasteiger partial charge in [0.1, 0.15) is 11.7 Å². The topological polar surface area (TPSA) is 92.3 Å². The SMILES string of the molecule is O=C1NC(=O)C([C@@H](CC(=O)C2CC2)c2ccccc2)C(=O)N1. The molecule has 1 heterocycles. The summed E-state index contributed by atoms with van der Waals surface area (Å²) in [5.74, 6) is -2.78. The summed E-state index contributed by atoms with van der Waals surface area (Å²) in [4.78, 5) is 47.6. The molecule has 0 bridgehead atoms. The number of hydrogen-bond acceptors (Lipinski definition) is 4. The predicted octanol–water partition coefficient (Wildman–Crippen LogP) is 1.12. The van der Waals surface area contributed by atoms with Crippen LogP contribution in [-0.4, -0.2) is 23.6 Å². The van der Waals surface area contributed by atoms with Crippen molar-refractivity contribution in [1.82, 2.24) is 10.6 Å². The Kier molecular flexibility index (Phi) is 3.75. The van der Waals surface area contributed by atoms with Crippen LogP contribution in [-0.2, 0) is 14.4 Å². The Balaban J connectivity index is 1.90. The number of urea groups is 1. The predicted molar refractivity (Wildman–Crippen MR) is 76.7 cm³/mol. The molecule has 4 amide bonds. The van der Waals surface area contributed by atoms with Gasteiger partial charge in [-0.3, -0.25) is 25.0 Å². The van der Waals surface area contributed by atoms with Crippen molar-refractivity contribution in [2.24, 2.45) is 11.8 Å². The van der Waals surface area contributed by atoms with Crippen LogP contribution in [0.15, 0.2) is 30.3 Å². The normalized spacial score (nSPS) is 20.3. The average molecular weight is 300 g/mol. The maximum atomic E-state index is 12.2. The molecule has 6 heteroatoms. The number of carbonyl (C=O) groups is 4. The van der Waals surface area contributed by atoms with Crippen LogP contribution in [0.2, 0.25) is 0 Å². The van der Waals surface area contributed by atoms with Crippen molar-refractivity contribution in [3.63, 3.8) is 0 Å². The number of imide groups is 2. The molecule has 1 aromatic rings. The van der Waals surface area contributed by atoms with Crippen molar-refractivity contribution in [3.05, 3.63) is 35.9 Å². The lowest BCUT2D eigenvalue weighted by atomic mass is 9.80. The van der Waals surface area contributed by atoms with Gasteiger partial charge in [0.25, 0.3) is 0 Å². The quantitative estimate of drug-likeness (QED) is 0.797. The Morgan fingerprint density at radius 3 is 2.18 bits per heavy atom. The number of barbiturate groups is 1. The van der Waals surface area contributed by atoms with Crippen LogP contribution in [0, 0.1) is 11.8 Å². The van der Waals surface area contributed by atoms with Crippen LogP contribution < -0.4 is 10.6 Å². The second-order valence-corrected chi connectivity index (χ2v) is 5.75. The summed E-state index contributed by atoms with van der Waals surface area (Å²) in [6, 6.07) is 8.20. The van der Waals surface area contributed by atoms with Gasteiger partial charge in [-0.2, -0.15) is 0 Å². The summed E-state index contributed by atoms with van der Waals surface area (Å²) in [6.45, 7) is 0. The van der Waals surface area contributed by atoms with Gasteiger partial charge in [0, 0.05) is 18.3 Å². The molecule has 22 heavy (non-hydrogen) atoms. The smallest absolute Gasteiger partial charge is 0.299 e. The minimum absolute atomic E-state index is 0.0579. The number of carbonyl (C=O) groups excluding carboxylic acids is 4. The van der Waals surface area contributed by atoms with Crippen molar-refractivity contribution in [2.75, 3.05) is 0 Å². The number of nitrogens with one attached hydrogen (secondary N) is 2. The van der Waals surface area contributed by atoms with Crippen LogP contribution in [0.5, 0.6) is 0 Å². The van der Waals surface area contributed by atoms with E-state index in [1.807, 2.05) is 6.07 Å². The third-order valence-corrected chi connectivity index (χ3v) is 4.12. The van der Waals surface area contributed by atoms with Gasteiger partial charge in [-0.05, 0) is 18.4 Å². The minimum Gasteiger partial charge on any atom is -0.299 e. The van der Waals surface area contributed by atoms with E-state index in [4.69, 9.17) is 0 Å². The molecule has 1 saturated carbocycles. The second-order valence-electron chi connectivity index (χ2n) is 5.75. The third-order valence-electron chi connectivity index (χ3n) is 4.12. The van der Waals surface area contributed by atoms with Crippen LogP contribution in [0.4, 0.5) is 4.79 Å². The molecule has 2 fully saturated rings. The van der Waals surface area contributed by atoms with Gasteiger partial charge in [0.05, 0.1) is 0 Å². The van der Waals surface area contributed by atoms with E-state index in [2.05, 4.69) is 10.6 Å². The Bertz CT molecular complexity index is 617. The fourth-order valence-electron chi connectivity index (χ4n) is 2.81. The number of amides is 4. The van der Waals surface area contributed by atoms with Crippen molar-refractivity contribution in [1.29, 1.82) is 0 Å². The van der Waals surface area contributed by atoms with Gasteiger partial charge in [-0.25, -0.2) is 4.79 Å². The third kappa shape index (κ3) is 2.90. The van der Waals surface area contributed by atoms with E-state index in [0.717, 1.165) is 18.4 Å². The maximum absolute atomic E-state index is 12.2. The number of Topliss-reactive ketones (excluding diaryl/α,β-unsaturated/α-hetero) is 1. The molecular weight excluding hydrogens is 284 g/mol. The van der Waals surface area contributed by atoms with Gasteiger partial charge in [-0.1, -0.05) is 30.3 Å². The van der Waals surface area contributed by atoms with E-state index in [-0.39, 0.29) is 18.1 Å². The molecule has 1 aliphatic heterocycles. The highest BCUT2D eigenvalue weighted by Crippen LogP contribution is 2.37. The Labute approximate surface area is 127 Å². The van der Waals surface area contributed by atoms with Gasteiger partial charge in [0.2, 0.25) is 11.8 Å². The molecule has 0 aromatic heterocycles. The van der Waals surface area contributed by atoms with E-state index in [1.54, 1.807) is 24.3 Å². The molecule has 2 N–H and O–H groups in total. The highest BCUT2D eigenvalue weighted by molar-refractivity contribution is 6.16. The molecule has 0 unspecified atom stereocenters. The molecule has 0 spiro atoms. The summed E-state index contributed by atoms with van der Waals surface area (Å²) in [6.07, 6.45) is 1.89. The lowest BCUT2D eigenvalue weighted by Crippen LogP contribution is -2.57. The van der Waals surface area contributed by atoms with E-state index in [1.165, 1.54) is 0 Å². The first-order valence-corrected chi connectivity index (χ1v) is 7.29. The number of hydrogen-bond donors (Lipinski definition) is 2. The van der Waals surface area contributed by atoms with Gasteiger partial charge < -0.3 is 0 Å². The highest BCUT2D eigenvalue weighted by Gasteiger charge is 2.43. The number of ketones is 1. The van der Waals surface area contributed by atoms with Crippen molar-refractivity contribution in [2.45, 2.75) is 25.2 Å². The van der Waals surface area contributed by atoms with Crippen molar-refractivity contribution in [3.8, 4) is 0 Å². The number of benzene rings is 1. The van der Waals surface area contributed by atoms with Gasteiger partial charge >= 0.3 is 6.03 Å². The summed E-state index contributed by atoms with van der Waals surface area (Å²) in [5.41, 5.74) is 0.751. The van der Waals surface area contributed by atoms with Crippen molar-refractivity contribution < 1.29 is 19.2 Å². The number of rotatable bonds is 5. The lowest BCUT2D eigenvalue weighted by Gasteiger charge is -2.28. The maximum Gasteiger partial charge on any atom is 0.328 e. The molecule has 1 aromatic carbocycles. The lowest BCUT2D eigenvalue weighted by molar-refractivity contribution is -0.137.